The second kappa shape index (κ2) is 9.99. The number of hydrogen-bond acceptors (Lipinski definition) is 5. The van der Waals surface area contributed by atoms with Gasteiger partial charge in [0.05, 0.1) is 28.6 Å². The molecule has 1 aromatic heterocycles. The first-order valence-electron chi connectivity index (χ1n) is 7.67. The minimum absolute atomic E-state index is 0. The number of nitrogens with zero attached hydrogens (tertiary/aromatic N) is 1. The molecule has 0 aliphatic carbocycles. The van der Waals surface area contributed by atoms with Gasteiger partial charge < -0.3 is 15.0 Å². The van der Waals surface area contributed by atoms with Gasteiger partial charge in [0.1, 0.15) is 11.3 Å². The number of rotatable bonds is 8. The Hall–Kier alpha value is -1.98. The summed E-state index contributed by atoms with van der Waals surface area (Å²) in [6.45, 7) is -0.00886. The van der Waals surface area contributed by atoms with Crippen molar-refractivity contribution in [2.45, 2.75) is 11.4 Å². The second-order valence-electron chi connectivity index (χ2n) is 5.56. The number of carbonyl (C=O) groups is 1. The number of pyridine rings is 1. The molecule has 154 valence electrons. The molecule has 1 aromatic carbocycles. The minimum atomic E-state index is -3.95. The van der Waals surface area contributed by atoms with E-state index in [0.29, 0.717) is 0 Å². The summed E-state index contributed by atoms with van der Waals surface area (Å²) in [5.41, 5.74) is 4.90. The standard InChI is InChI=1S/C16H18ClFN4O4S.ClH/c1-26-5-4-21-27(24,25)14-3-2-12(18)6-10(14)8-22-9-11(17)7-13(15(22)19)16(20)23;/h2-3,6-7,9,19,21H,4-5,8H2,1H3,(H2,20,23);1H. The maximum Gasteiger partial charge on any atom is 0.252 e. The van der Waals surface area contributed by atoms with Crippen molar-refractivity contribution >= 4 is 39.9 Å². The Bertz CT molecular complexity index is 1030. The van der Waals surface area contributed by atoms with E-state index in [0.717, 1.165) is 18.2 Å². The number of benzene rings is 1. The van der Waals surface area contributed by atoms with E-state index in [4.69, 9.17) is 27.5 Å². The summed E-state index contributed by atoms with van der Waals surface area (Å²) >= 11 is 5.95. The Balaban J connectivity index is 0.00000392. The largest absolute Gasteiger partial charge is 0.383 e. The molecule has 0 bridgehead atoms. The molecule has 2 aromatic rings. The quantitative estimate of drug-likeness (QED) is 0.520. The van der Waals surface area contributed by atoms with Crippen LogP contribution in [0.1, 0.15) is 15.9 Å². The van der Waals surface area contributed by atoms with Crippen LogP contribution in [-0.2, 0) is 21.3 Å². The number of carbonyl (C=O) groups excluding carboxylic acids is 1. The predicted molar refractivity (Wildman–Crippen MR) is 104 cm³/mol. The van der Waals surface area contributed by atoms with Crippen LogP contribution in [0, 0.1) is 11.2 Å². The van der Waals surface area contributed by atoms with E-state index in [1.54, 1.807) is 0 Å². The van der Waals surface area contributed by atoms with Crippen LogP contribution in [0.25, 0.3) is 0 Å². The van der Waals surface area contributed by atoms with Crippen molar-refractivity contribution in [2.24, 2.45) is 5.73 Å². The van der Waals surface area contributed by atoms with Crippen LogP contribution in [0.5, 0.6) is 0 Å². The highest BCUT2D eigenvalue weighted by molar-refractivity contribution is 7.89. The summed E-state index contributed by atoms with van der Waals surface area (Å²) in [5, 5.41) is 8.19. The number of methoxy groups -OCH3 is 1. The van der Waals surface area contributed by atoms with Gasteiger partial charge in [0.2, 0.25) is 10.0 Å². The Morgan fingerprint density at radius 1 is 1.39 bits per heavy atom. The molecule has 0 fully saturated rings. The number of halogens is 3. The fourth-order valence-corrected chi connectivity index (χ4v) is 3.85. The van der Waals surface area contributed by atoms with Crippen molar-refractivity contribution < 1.29 is 22.3 Å². The Labute approximate surface area is 172 Å². The van der Waals surface area contributed by atoms with E-state index in [1.165, 1.54) is 23.9 Å². The SMILES string of the molecule is COCCNS(=O)(=O)c1ccc(F)cc1Cn1cc(Cl)cc(C(N)=O)c1=N.Cl. The molecule has 1 heterocycles. The maximum atomic E-state index is 13.7. The molecule has 8 nitrogen and oxygen atoms in total. The van der Waals surface area contributed by atoms with Crippen LogP contribution in [-0.4, -0.2) is 39.2 Å². The molecule has 0 atom stereocenters. The zero-order chi connectivity index (χ0) is 20.2. The van der Waals surface area contributed by atoms with Gasteiger partial charge in [-0.2, -0.15) is 0 Å². The highest BCUT2D eigenvalue weighted by atomic mass is 35.5. The smallest absolute Gasteiger partial charge is 0.252 e. The molecule has 0 saturated carbocycles. The molecule has 12 heteroatoms. The highest BCUT2D eigenvalue weighted by Crippen LogP contribution is 2.19. The van der Waals surface area contributed by atoms with Gasteiger partial charge in [-0.3, -0.25) is 10.2 Å². The van der Waals surface area contributed by atoms with Gasteiger partial charge in [-0.15, -0.1) is 12.4 Å². The number of nitrogens with one attached hydrogen (secondary N) is 2. The number of hydrogen-bond donors (Lipinski definition) is 3. The normalized spacial score (nSPS) is 11.1. The van der Waals surface area contributed by atoms with E-state index >= 15 is 0 Å². The topological polar surface area (TPSA) is 127 Å². The van der Waals surface area contributed by atoms with Crippen molar-refractivity contribution in [3.05, 3.63) is 57.9 Å². The van der Waals surface area contributed by atoms with Crippen LogP contribution < -0.4 is 15.9 Å². The lowest BCUT2D eigenvalue weighted by atomic mass is 10.2. The van der Waals surface area contributed by atoms with Crippen LogP contribution >= 0.6 is 24.0 Å². The summed E-state index contributed by atoms with van der Waals surface area (Å²) in [6.07, 6.45) is 1.33. The molecule has 2 rings (SSSR count). The van der Waals surface area contributed by atoms with Gasteiger partial charge in [-0.25, -0.2) is 17.5 Å². The number of primary amides is 1. The summed E-state index contributed by atoms with van der Waals surface area (Å²) in [5.74, 6) is -1.50. The third-order valence-corrected chi connectivity index (χ3v) is 5.39. The third kappa shape index (κ3) is 5.76. The fourth-order valence-electron chi connectivity index (χ4n) is 2.40. The molecule has 0 unspecified atom stereocenters. The number of nitrogens with two attached hydrogens (primary N) is 1. The lowest BCUT2D eigenvalue weighted by Crippen LogP contribution is -2.31. The number of aromatic nitrogens is 1. The van der Waals surface area contributed by atoms with E-state index in [1.807, 2.05) is 0 Å². The Morgan fingerprint density at radius 3 is 2.68 bits per heavy atom. The molecular weight excluding hydrogens is 434 g/mol. The van der Waals surface area contributed by atoms with Gasteiger partial charge in [-0.05, 0) is 29.8 Å². The first kappa shape index (κ1) is 24.1. The molecular formula is C16H19Cl2FN4O4S. The van der Waals surface area contributed by atoms with E-state index in [9.17, 15) is 17.6 Å². The third-order valence-electron chi connectivity index (χ3n) is 3.62. The van der Waals surface area contributed by atoms with Gasteiger partial charge in [0, 0.05) is 19.9 Å². The Morgan fingerprint density at radius 2 is 2.07 bits per heavy atom. The molecule has 0 saturated heterocycles. The zero-order valence-corrected chi connectivity index (χ0v) is 17.1. The molecule has 0 radical (unpaired) electrons. The van der Waals surface area contributed by atoms with Crippen molar-refractivity contribution in [1.82, 2.24) is 9.29 Å². The predicted octanol–water partition coefficient (Wildman–Crippen LogP) is 1.25. The minimum Gasteiger partial charge on any atom is -0.383 e. The molecule has 0 aliphatic rings. The van der Waals surface area contributed by atoms with Crippen molar-refractivity contribution in [1.29, 1.82) is 5.41 Å². The molecule has 1 amide bonds. The van der Waals surface area contributed by atoms with Crippen molar-refractivity contribution in [3.8, 4) is 0 Å². The van der Waals surface area contributed by atoms with Gasteiger partial charge in [0.15, 0.2) is 0 Å². The van der Waals surface area contributed by atoms with Gasteiger partial charge in [0.25, 0.3) is 5.91 Å². The summed E-state index contributed by atoms with van der Waals surface area (Å²) in [6, 6.07) is 4.43. The van der Waals surface area contributed by atoms with Crippen LogP contribution in [0.15, 0.2) is 35.4 Å². The zero-order valence-electron chi connectivity index (χ0n) is 14.7. The second-order valence-corrected chi connectivity index (χ2v) is 7.73. The van der Waals surface area contributed by atoms with E-state index < -0.39 is 21.7 Å². The van der Waals surface area contributed by atoms with Gasteiger partial charge in [-0.1, -0.05) is 11.6 Å². The summed E-state index contributed by atoms with van der Waals surface area (Å²) in [7, 11) is -2.52. The monoisotopic (exact) mass is 452 g/mol. The molecule has 0 spiro atoms. The fraction of sp³-hybridized carbons (Fsp3) is 0.250. The number of sulfonamides is 1. The van der Waals surface area contributed by atoms with Crippen LogP contribution in [0.4, 0.5) is 4.39 Å². The lowest BCUT2D eigenvalue weighted by molar-refractivity contribution is 0.0997. The average molecular weight is 453 g/mol. The van der Waals surface area contributed by atoms with E-state index in [-0.39, 0.29) is 58.6 Å². The van der Waals surface area contributed by atoms with Crippen LogP contribution in [0.2, 0.25) is 5.02 Å². The summed E-state index contributed by atoms with van der Waals surface area (Å²) in [4.78, 5) is 11.3. The average Bonchev–Trinajstić information content (AvgIpc) is 2.57. The van der Waals surface area contributed by atoms with Gasteiger partial charge >= 0.3 is 0 Å². The van der Waals surface area contributed by atoms with Crippen molar-refractivity contribution in [2.75, 3.05) is 20.3 Å². The molecule has 4 N–H and O–H groups in total. The van der Waals surface area contributed by atoms with E-state index in [2.05, 4.69) is 4.72 Å². The number of amides is 1. The first-order chi connectivity index (χ1) is 12.7. The highest BCUT2D eigenvalue weighted by Gasteiger charge is 2.20. The first-order valence-corrected chi connectivity index (χ1v) is 9.53. The molecule has 0 aliphatic heterocycles. The lowest BCUT2D eigenvalue weighted by Gasteiger charge is -2.14. The van der Waals surface area contributed by atoms with Crippen LogP contribution in [0.3, 0.4) is 0 Å². The summed E-state index contributed by atoms with van der Waals surface area (Å²) < 4.78 is 47.1. The molecule has 28 heavy (non-hydrogen) atoms. The maximum absolute atomic E-state index is 13.7. The number of ether oxygens (including phenoxy) is 1. The van der Waals surface area contributed by atoms with Crippen molar-refractivity contribution in [3.63, 3.8) is 0 Å². The Kier molecular flexibility index (Phi) is 8.58.